The number of aromatic nitrogens is 4. The van der Waals surface area contributed by atoms with Crippen LogP contribution in [0.15, 0.2) is 40.2 Å². The second-order valence-electron chi connectivity index (χ2n) is 7.10. The van der Waals surface area contributed by atoms with Crippen LogP contribution >= 0.6 is 11.6 Å². The summed E-state index contributed by atoms with van der Waals surface area (Å²) in [5.74, 6) is 0. The molecule has 6 nitrogen and oxygen atoms in total. The van der Waals surface area contributed by atoms with Crippen molar-refractivity contribution in [2.75, 3.05) is 0 Å². The summed E-state index contributed by atoms with van der Waals surface area (Å²) < 4.78 is 4.73. The second kappa shape index (κ2) is 6.43. The van der Waals surface area contributed by atoms with Crippen molar-refractivity contribution >= 4 is 22.8 Å². The van der Waals surface area contributed by atoms with Crippen molar-refractivity contribution < 1.29 is 0 Å². The minimum absolute atomic E-state index is 0.0573. The molecule has 136 valence electrons. The Balaban J connectivity index is 2.16. The number of halogens is 1. The van der Waals surface area contributed by atoms with Crippen LogP contribution in [-0.2, 0) is 0 Å². The van der Waals surface area contributed by atoms with Crippen molar-refractivity contribution in [2.45, 2.75) is 51.6 Å². The lowest BCUT2D eigenvalue weighted by Gasteiger charge is -2.18. The van der Waals surface area contributed by atoms with E-state index in [1.54, 1.807) is 18.5 Å². The maximum atomic E-state index is 13.3. The van der Waals surface area contributed by atoms with Gasteiger partial charge in [-0.2, -0.15) is 0 Å². The molecule has 0 aliphatic heterocycles. The summed E-state index contributed by atoms with van der Waals surface area (Å²) >= 11 is 6.37. The van der Waals surface area contributed by atoms with E-state index in [9.17, 15) is 9.59 Å². The monoisotopic (exact) mass is 372 g/mol. The lowest BCUT2D eigenvalue weighted by atomic mass is 10.2. The van der Waals surface area contributed by atoms with Gasteiger partial charge in [0.05, 0.1) is 17.0 Å². The number of hydrogen-bond acceptors (Lipinski definition) is 3. The summed E-state index contributed by atoms with van der Waals surface area (Å²) in [4.78, 5) is 31.0. The SMILES string of the molecule is CC(C)n1cnc2c1c(=O)n(C1CCCC1)c(=O)n2-c1ccccc1Cl. The highest BCUT2D eigenvalue weighted by molar-refractivity contribution is 6.32. The van der Waals surface area contributed by atoms with Crippen molar-refractivity contribution in [1.82, 2.24) is 18.7 Å². The third kappa shape index (κ3) is 2.51. The van der Waals surface area contributed by atoms with Gasteiger partial charge < -0.3 is 4.57 Å². The molecule has 0 radical (unpaired) electrons. The zero-order valence-corrected chi connectivity index (χ0v) is 15.6. The van der Waals surface area contributed by atoms with Gasteiger partial charge in [0.1, 0.15) is 0 Å². The summed E-state index contributed by atoms with van der Waals surface area (Å²) in [7, 11) is 0. The molecule has 26 heavy (non-hydrogen) atoms. The molecule has 1 aliphatic carbocycles. The summed E-state index contributed by atoms with van der Waals surface area (Å²) in [6.45, 7) is 3.98. The van der Waals surface area contributed by atoms with Gasteiger partial charge in [0.25, 0.3) is 5.56 Å². The molecule has 0 saturated heterocycles. The van der Waals surface area contributed by atoms with E-state index in [0.29, 0.717) is 21.9 Å². The van der Waals surface area contributed by atoms with Gasteiger partial charge in [-0.25, -0.2) is 14.3 Å². The molecular formula is C19H21ClN4O2. The first-order valence-electron chi connectivity index (χ1n) is 8.99. The minimum Gasteiger partial charge on any atom is -0.322 e. The Kier molecular flexibility index (Phi) is 4.23. The number of hydrogen-bond donors (Lipinski definition) is 0. The minimum atomic E-state index is -0.364. The molecule has 1 fully saturated rings. The van der Waals surface area contributed by atoms with Crippen molar-refractivity contribution in [1.29, 1.82) is 0 Å². The zero-order chi connectivity index (χ0) is 18.4. The van der Waals surface area contributed by atoms with Gasteiger partial charge in [-0.3, -0.25) is 9.36 Å². The van der Waals surface area contributed by atoms with Gasteiger partial charge in [-0.15, -0.1) is 0 Å². The van der Waals surface area contributed by atoms with Crippen LogP contribution in [0.25, 0.3) is 16.9 Å². The maximum Gasteiger partial charge on any atom is 0.337 e. The summed E-state index contributed by atoms with van der Waals surface area (Å²) in [6, 6.07) is 7.14. The predicted molar refractivity (Wildman–Crippen MR) is 102 cm³/mol. The third-order valence-corrected chi connectivity index (χ3v) is 5.46. The van der Waals surface area contributed by atoms with Crippen molar-refractivity contribution in [3.63, 3.8) is 0 Å². The van der Waals surface area contributed by atoms with E-state index in [4.69, 9.17) is 11.6 Å². The Hall–Kier alpha value is -2.34. The summed E-state index contributed by atoms with van der Waals surface area (Å²) in [6.07, 6.45) is 5.38. The van der Waals surface area contributed by atoms with Crippen LogP contribution in [0, 0.1) is 0 Å². The molecule has 0 bridgehead atoms. The molecule has 0 atom stereocenters. The molecule has 1 aromatic carbocycles. The van der Waals surface area contributed by atoms with Gasteiger partial charge in [0, 0.05) is 12.1 Å². The molecule has 2 heterocycles. The van der Waals surface area contributed by atoms with Gasteiger partial charge in [0.15, 0.2) is 11.2 Å². The Morgan fingerprint density at radius 1 is 1.15 bits per heavy atom. The average molecular weight is 373 g/mol. The highest BCUT2D eigenvalue weighted by Crippen LogP contribution is 2.28. The smallest absolute Gasteiger partial charge is 0.322 e. The van der Waals surface area contributed by atoms with E-state index in [-0.39, 0.29) is 23.3 Å². The molecule has 2 aromatic heterocycles. The molecule has 1 saturated carbocycles. The van der Waals surface area contributed by atoms with Crippen LogP contribution in [0.2, 0.25) is 5.02 Å². The molecule has 0 N–H and O–H groups in total. The van der Waals surface area contributed by atoms with Crippen LogP contribution in [0.3, 0.4) is 0 Å². The van der Waals surface area contributed by atoms with Gasteiger partial charge in [-0.05, 0) is 38.8 Å². The lowest BCUT2D eigenvalue weighted by Crippen LogP contribution is -2.42. The number of fused-ring (bicyclic) bond motifs is 1. The molecular weight excluding hydrogens is 352 g/mol. The Labute approximate surface area is 155 Å². The van der Waals surface area contributed by atoms with E-state index in [2.05, 4.69) is 4.98 Å². The van der Waals surface area contributed by atoms with E-state index in [1.165, 1.54) is 9.13 Å². The molecule has 1 aliphatic rings. The van der Waals surface area contributed by atoms with Crippen LogP contribution < -0.4 is 11.2 Å². The fourth-order valence-corrected chi connectivity index (χ4v) is 4.07. The quantitative estimate of drug-likeness (QED) is 0.704. The van der Waals surface area contributed by atoms with Crippen LogP contribution in [0.4, 0.5) is 0 Å². The van der Waals surface area contributed by atoms with E-state index >= 15 is 0 Å². The Bertz CT molecular complexity index is 1090. The molecule has 0 spiro atoms. The van der Waals surface area contributed by atoms with Crippen LogP contribution in [0.1, 0.15) is 51.6 Å². The van der Waals surface area contributed by atoms with Crippen molar-refractivity contribution in [3.05, 3.63) is 56.5 Å². The van der Waals surface area contributed by atoms with Crippen LogP contribution in [-0.4, -0.2) is 18.7 Å². The van der Waals surface area contributed by atoms with E-state index in [1.807, 2.05) is 30.5 Å². The summed E-state index contributed by atoms with van der Waals surface area (Å²) in [5, 5.41) is 0.451. The molecule has 0 unspecified atom stereocenters. The third-order valence-electron chi connectivity index (χ3n) is 5.14. The standard InChI is InChI=1S/C19H21ClN4O2/c1-12(2)22-11-21-17-16(22)18(25)23(13-7-3-4-8-13)19(26)24(17)15-10-6-5-9-14(15)20/h5-6,9-13H,3-4,7-8H2,1-2H3. The number of rotatable bonds is 3. The largest absolute Gasteiger partial charge is 0.337 e. The first-order chi connectivity index (χ1) is 12.5. The zero-order valence-electron chi connectivity index (χ0n) is 14.9. The molecule has 0 amide bonds. The van der Waals surface area contributed by atoms with Crippen LogP contribution in [0.5, 0.6) is 0 Å². The first kappa shape index (κ1) is 17.1. The van der Waals surface area contributed by atoms with Gasteiger partial charge >= 0.3 is 5.69 Å². The predicted octanol–water partition coefficient (Wildman–Crippen LogP) is 3.70. The number of benzene rings is 1. The van der Waals surface area contributed by atoms with Crippen molar-refractivity contribution in [2.24, 2.45) is 0 Å². The van der Waals surface area contributed by atoms with Gasteiger partial charge in [-0.1, -0.05) is 36.6 Å². The highest BCUT2D eigenvalue weighted by atomic mass is 35.5. The fraction of sp³-hybridized carbons (Fsp3) is 0.421. The normalized spacial score (nSPS) is 15.4. The average Bonchev–Trinajstić information content (AvgIpc) is 3.26. The first-order valence-corrected chi connectivity index (χ1v) is 9.37. The topological polar surface area (TPSA) is 61.8 Å². The number of imidazole rings is 1. The van der Waals surface area contributed by atoms with Gasteiger partial charge in [0.2, 0.25) is 0 Å². The van der Waals surface area contributed by atoms with E-state index in [0.717, 1.165) is 25.7 Å². The number of para-hydroxylation sites is 1. The molecule has 7 heteroatoms. The Morgan fingerprint density at radius 2 is 1.85 bits per heavy atom. The highest BCUT2D eigenvalue weighted by Gasteiger charge is 2.26. The summed E-state index contributed by atoms with van der Waals surface area (Å²) in [5.41, 5.74) is 0.732. The van der Waals surface area contributed by atoms with Crippen molar-refractivity contribution in [3.8, 4) is 5.69 Å². The fourth-order valence-electron chi connectivity index (χ4n) is 3.85. The molecule has 3 aromatic rings. The number of nitrogens with zero attached hydrogens (tertiary/aromatic N) is 4. The maximum absolute atomic E-state index is 13.3. The lowest BCUT2D eigenvalue weighted by molar-refractivity contribution is 0.473. The molecule has 4 rings (SSSR count). The van der Waals surface area contributed by atoms with E-state index < -0.39 is 0 Å². The Morgan fingerprint density at radius 3 is 2.50 bits per heavy atom. The second-order valence-corrected chi connectivity index (χ2v) is 7.51.